The summed E-state index contributed by atoms with van der Waals surface area (Å²) in [6, 6.07) is 15.0. The third-order valence-corrected chi connectivity index (χ3v) is 6.55. The molecular weight excluding hydrogens is 386 g/mol. The Morgan fingerprint density at radius 1 is 1.21 bits per heavy atom. The summed E-state index contributed by atoms with van der Waals surface area (Å²) >= 11 is 6.33. The maximum absolute atomic E-state index is 10.9. The van der Waals surface area contributed by atoms with Crippen LogP contribution in [0.2, 0.25) is 5.02 Å². The monoisotopic (exact) mass is 413 g/mol. The van der Waals surface area contributed by atoms with Gasteiger partial charge in [-0.3, -0.25) is 14.6 Å². The van der Waals surface area contributed by atoms with Crippen LogP contribution in [-0.4, -0.2) is 49.0 Å². The number of hydrogen-bond acceptors (Lipinski definition) is 4. The first kappa shape index (κ1) is 20.2. The number of ether oxygens (including phenoxy) is 1. The molecule has 0 spiro atoms. The molecule has 0 bridgehead atoms. The van der Waals surface area contributed by atoms with Gasteiger partial charge >= 0.3 is 0 Å². The maximum Gasteiger partial charge on any atom is 0.255 e. The second-order valence-corrected chi connectivity index (χ2v) is 8.79. The number of amides is 1. The molecule has 0 aromatic heterocycles. The number of hydrogen-bond donors (Lipinski definition) is 1. The summed E-state index contributed by atoms with van der Waals surface area (Å²) in [5, 5.41) is 0.515. The molecule has 2 aliphatic rings. The van der Waals surface area contributed by atoms with Crippen LogP contribution in [0.1, 0.15) is 22.7 Å². The van der Waals surface area contributed by atoms with Crippen LogP contribution >= 0.6 is 11.6 Å². The Labute approximate surface area is 177 Å². The molecule has 0 unspecified atom stereocenters. The molecule has 2 fully saturated rings. The Hall–Kier alpha value is -2.08. The third-order valence-electron chi connectivity index (χ3n) is 6.25. The molecule has 4 rings (SSSR count). The fourth-order valence-corrected chi connectivity index (χ4v) is 5.29. The van der Waals surface area contributed by atoms with E-state index in [9.17, 15) is 4.79 Å². The molecule has 29 heavy (non-hydrogen) atoms. The zero-order valence-electron chi connectivity index (χ0n) is 17.0. The molecule has 154 valence electrons. The predicted octanol–water partition coefficient (Wildman–Crippen LogP) is 3.25. The van der Waals surface area contributed by atoms with Crippen LogP contribution < -0.4 is 10.5 Å². The molecule has 0 radical (unpaired) electrons. The topological polar surface area (TPSA) is 58.8 Å². The number of nitrogens with two attached hydrogens (primary N) is 1. The number of halogens is 1. The number of benzene rings is 2. The highest BCUT2D eigenvalue weighted by Crippen LogP contribution is 2.45. The smallest absolute Gasteiger partial charge is 0.255 e. The van der Waals surface area contributed by atoms with E-state index in [-0.39, 0.29) is 6.61 Å². The largest absolute Gasteiger partial charge is 0.482 e. The molecule has 3 atom stereocenters. The van der Waals surface area contributed by atoms with Gasteiger partial charge in [-0.25, -0.2) is 0 Å². The molecule has 0 aliphatic carbocycles. The van der Waals surface area contributed by atoms with Crippen molar-refractivity contribution in [3.8, 4) is 5.75 Å². The van der Waals surface area contributed by atoms with Crippen molar-refractivity contribution in [3.05, 3.63) is 64.2 Å². The minimum atomic E-state index is -0.512. The molecular formula is C23H28ClN3O2. The first-order valence-electron chi connectivity index (χ1n) is 10.1. The van der Waals surface area contributed by atoms with Crippen LogP contribution in [-0.2, 0) is 11.3 Å². The second-order valence-electron chi connectivity index (χ2n) is 8.38. The van der Waals surface area contributed by atoms with Gasteiger partial charge in [0.2, 0.25) is 0 Å². The van der Waals surface area contributed by atoms with Crippen LogP contribution in [0.5, 0.6) is 5.75 Å². The molecule has 2 saturated heterocycles. The zero-order valence-corrected chi connectivity index (χ0v) is 17.7. The van der Waals surface area contributed by atoms with Gasteiger partial charge < -0.3 is 10.5 Å². The third kappa shape index (κ3) is 4.27. The van der Waals surface area contributed by atoms with Crippen molar-refractivity contribution >= 4 is 17.5 Å². The molecule has 2 aliphatic heterocycles. The summed E-state index contributed by atoms with van der Waals surface area (Å²) in [7, 11) is 2.25. The van der Waals surface area contributed by atoms with Crippen molar-refractivity contribution in [1.82, 2.24) is 9.80 Å². The van der Waals surface area contributed by atoms with E-state index in [1.165, 1.54) is 11.1 Å². The Kier molecular flexibility index (Phi) is 5.81. The van der Waals surface area contributed by atoms with Gasteiger partial charge in [0.15, 0.2) is 6.61 Å². The lowest BCUT2D eigenvalue weighted by Crippen LogP contribution is -2.29. The van der Waals surface area contributed by atoms with Gasteiger partial charge in [0.1, 0.15) is 5.75 Å². The van der Waals surface area contributed by atoms with Crippen LogP contribution in [0.25, 0.3) is 0 Å². The minimum Gasteiger partial charge on any atom is -0.482 e. The highest BCUT2D eigenvalue weighted by atomic mass is 35.5. The first-order chi connectivity index (χ1) is 13.9. The van der Waals surface area contributed by atoms with Gasteiger partial charge in [0.05, 0.1) is 5.02 Å². The van der Waals surface area contributed by atoms with E-state index in [0.29, 0.717) is 28.6 Å². The summed E-state index contributed by atoms with van der Waals surface area (Å²) in [6.45, 7) is 6.25. The minimum absolute atomic E-state index is 0.164. The molecule has 2 N–H and O–H groups in total. The van der Waals surface area contributed by atoms with Crippen molar-refractivity contribution < 1.29 is 9.53 Å². The Morgan fingerprint density at radius 3 is 2.72 bits per heavy atom. The zero-order chi connectivity index (χ0) is 20.5. The molecule has 6 heteroatoms. The number of likely N-dealkylation sites (tertiary alicyclic amines) is 2. The standard InChI is InChI=1S/C23H28ClN3O2/c1-15-5-3-4-6-18(15)23-19-13-27(12-17(19)11-26(23)2)10-16-7-8-21(20(24)9-16)29-14-22(25)28/h3-9,17,19,23H,10-14H2,1-2H3,(H2,25,28)/t17-,19+,23-/m0/s1. The highest BCUT2D eigenvalue weighted by Gasteiger charge is 2.46. The molecule has 0 saturated carbocycles. The first-order valence-corrected chi connectivity index (χ1v) is 10.5. The van der Waals surface area contributed by atoms with E-state index in [1.807, 2.05) is 18.2 Å². The van der Waals surface area contributed by atoms with Crippen molar-refractivity contribution in [3.63, 3.8) is 0 Å². The quantitative estimate of drug-likeness (QED) is 0.789. The number of primary amides is 1. The predicted molar refractivity (Wildman–Crippen MR) is 115 cm³/mol. The maximum atomic E-state index is 10.9. The molecule has 1 amide bonds. The summed E-state index contributed by atoms with van der Waals surface area (Å²) in [6.07, 6.45) is 0. The average Bonchev–Trinajstić information content (AvgIpc) is 3.17. The van der Waals surface area contributed by atoms with E-state index in [0.717, 1.165) is 31.7 Å². The fraction of sp³-hybridized carbons (Fsp3) is 0.435. The van der Waals surface area contributed by atoms with E-state index in [1.54, 1.807) is 0 Å². The van der Waals surface area contributed by atoms with Gasteiger partial charge in [-0.15, -0.1) is 0 Å². The molecule has 2 heterocycles. The van der Waals surface area contributed by atoms with E-state index < -0.39 is 5.91 Å². The summed E-state index contributed by atoms with van der Waals surface area (Å²) < 4.78 is 5.34. The van der Waals surface area contributed by atoms with E-state index in [2.05, 4.69) is 48.0 Å². The number of fused-ring (bicyclic) bond motifs is 1. The van der Waals surface area contributed by atoms with Gasteiger partial charge in [0.25, 0.3) is 5.91 Å². The second kappa shape index (κ2) is 8.34. The lowest BCUT2D eigenvalue weighted by Gasteiger charge is -2.28. The van der Waals surface area contributed by atoms with Crippen LogP contribution in [0.15, 0.2) is 42.5 Å². The van der Waals surface area contributed by atoms with Crippen molar-refractivity contribution in [1.29, 1.82) is 0 Å². The Morgan fingerprint density at radius 2 is 2.00 bits per heavy atom. The SMILES string of the molecule is Cc1ccccc1[C@H]1[C@@H]2CN(Cc3ccc(OCC(N)=O)c(Cl)c3)C[C@@H]2CN1C. The van der Waals surface area contributed by atoms with Gasteiger partial charge in [-0.2, -0.15) is 0 Å². The van der Waals surface area contributed by atoms with Crippen molar-refractivity contribution in [2.75, 3.05) is 33.3 Å². The fourth-order valence-electron chi connectivity index (χ4n) is 5.03. The molecule has 2 aromatic carbocycles. The molecule has 2 aromatic rings. The normalized spacial score (nSPS) is 24.6. The number of aryl methyl sites for hydroxylation is 1. The lowest BCUT2D eigenvalue weighted by atomic mass is 9.88. The summed E-state index contributed by atoms with van der Waals surface area (Å²) in [5.74, 6) is 1.32. The lowest BCUT2D eigenvalue weighted by molar-refractivity contribution is -0.119. The highest BCUT2D eigenvalue weighted by molar-refractivity contribution is 6.32. The summed E-state index contributed by atoms with van der Waals surface area (Å²) in [4.78, 5) is 15.9. The van der Waals surface area contributed by atoms with Crippen LogP contribution in [0.4, 0.5) is 0 Å². The van der Waals surface area contributed by atoms with Gasteiger partial charge in [-0.1, -0.05) is 41.9 Å². The van der Waals surface area contributed by atoms with Crippen LogP contribution in [0.3, 0.4) is 0 Å². The van der Waals surface area contributed by atoms with E-state index >= 15 is 0 Å². The van der Waals surface area contributed by atoms with Crippen molar-refractivity contribution in [2.45, 2.75) is 19.5 Å². The Balaban J connectivity index is 1.43. The number of rotatable bonds is 6. The number of carbonyl (C=O) groups is 1. The van der Waals surface area contributed by atoms with Gasteiger partial charge in [0, 0.05) is 32.2 Å². The van der Waals surface area contributed by atoms with E-state index in [4.69, 9.17) is 22.1 Å². The number of carbonyl (C=O) groups excluding carboxylic acids is 1. The summed E-state index contributed by atoms with van der Waals surface area (Å²) in [5.41, 5.74) is 9.12. The van der Waals surface area contributed by atoms with Crippen LogP contribution in [0, 0.1) is 18.8 Å². The van der Waals surface area contributed by atoms with Gasteiger partial charge in [-0.05, 0) is 54.6 Å². The van der Waals surface area contributed by atoms with Crippen molar-refractivity contribution in [2.24, 2.45) is 17.6 Å². The molecule has 5 nitrogen and oxygen atoms in total. The Bertz CT molecular complexity index is 903. The number of nitrogens with zero attached hydrogens (tertiary/aromatic N) is 2. The average molecular weight is 414 g/mol.